The molecule has 0 spiro atoms. The summed E-state index contributed by atoms with van der Waals surface area (Å²) in [5.74, 6) is 0.775. The highest BCUT2D eigenvalue weighted by molar-refractivity contribution is 5.59. The molecule has 0 saturated carbocycles. The molecule has 0 aliphatic carbocycles. The van der Waals surface area contributed by atoms with Gasteiger partial charge in [-0.2, -0.15) is 5.10 Å². The molecule has 0 unspecified atom stereocenters. The first kappa shape index (κ1) is 16.2. The topological polar surface area (TPSA) is 55.6 Å². The zero-order valence-corrected chi connectivity index (χ0v) is 14.5. The number of nitrogens with zero attached hydrogens (tertiary/aromatic N) is 4. The predicted octanol–water partition coefficient (Wildman–Crippen LogP) is 3.98. The number of hydrogen-bond acceptors (Lipinski definition) is 4. The van der Waals surface area contributed by atoms with E-state index in [1.54, 1.807) is 0 Å². The van der Waals surface area contributed by atoms with Gasteiger partial charge in [0.25, 0.3) is 0 Å². The first-order valence-corrected chi connectivity index (χ1v) is 8.35. The third-order valence-electron chi connectivity index (χ3n) is 4.15. The van der Waals surface area contributed by atoms with Gasteiger partial charge in [0.1, 0.15) is 5.82 Å². The van der Waals surface area contributed by atoms with E-state index in [2.05, 4.69) is 46.1 Å². The maximum atomic E-state index is 4.61. The van der Waals surface area contributed by atoms with Crippen LogP contribution in [0.5, 0.6) is 0 Å². The zero-order chi connectivity index (χ0) is 16.9. The Morgan fingerprint density at radius 2 is 1.79 bits per heavy atom. The van der Waals surface area contributed by atoms with E-state index in [1.165, 1.54) is 11.3 Å². The van der Waals surface area contributed by atoms with Crippen LogP contribution in [0.4, 0.5) is 5.82 Å². The molecule has 0 fully saturated rings. The van der Waals surface area contributed by atoms with Crippen LogP contribution in [0.15, 0.2) is 42.5 Å². The van der Waals surface area contributed by atoms with Gasteiger partial charge in [0.15, 0.2) is 0 Å². The Balaban J connectivity index is 1.69. The molecule has 0 saturated heterocycles. The molecule has 5 nitrogen and oxygen atoms in total. The summed E-state index contributed by atoms with van der Waals surface area (Å²) in [5, 5.41) is 16.5. The van der Waals surface area contributed by atoms with E-state index >= 15 is 0 Å². The van der Waals surface area contributed by atoms with Crippen molar-refractivity contribution in [2.24, 2.45) is 0 Å². The molecule has 1 aromatic carbocycles. The summed E-state index contributed by atoms with van der Waals surface area (Å²) in [4.78, 5) is 0. The Kier molecular flexibility index (Phi) is 4.89. The Morgan fingerprint density at radius 1 is 1.00 bits per heavy atom. The molecule has 5 heteroatoms. The van der Waals surface area contributed by atoms with Crippen molar-refractivity contribution in [3.63, 3.8) is 0 Å². The van der Waals surface area contributed by atoms with Gasteiger partial charge in [0, 0.05) is 29.9 Å². The van der Waals surface area contributed by atoms with E-state index in [1.807, 2.05) is 42.5 Å². The SMILES string of the molecule is CCCn1nc(C)c(CNc2ccc(-c3ccccc3)nn2)c1C. The quantitative estimate of drug-likeness (QED) is 0.746. The molecule has 0 bridgehead atoms. The number of nitrogens with one attached hydrogen (secondary N) is 1. The lowest BCUT2D eigenvalue weighted by Gasteiger charge is -2.07. The molecule has 24 heavy (non-hydrogen) atoms. The lowest BCUT2D eigenvalue weighted by molar-refractivity contribution is 0.582. The van der Waals surface area contributed by atoms with E-state index in [0.29, 0.717) is 6.54 Å². The van der Waals surface area contributed by atoms with Gasteiger partial charge >= 0.3 is 0 Å². The summed E-state index contributed by atoms with van der Waals surface area (Å²) in [6.45, 7) is 8.01. The molecule has 0 amide bonds. The van der Waals surface area contributed by atoms with Crippen LogP contribution < -0.4 is 5.32 Å². The van der Waals surface area contributed by atoms with E-state index < -0.39 is 0 Å². The van der Waals surface area contributed by atoms with Crippen LogP contribution in [0, 0.1) is 13.8 Å². The Morgan fingerprint density at radius 3 is 2.46 bits per heavy atom. The normalized spacial score (nSPS) is 10.8. The van der Waals surface area contributed by atoms with Crippen molar-refractivity contribution < 1.29 is 0 Å². The van der Waals surface area contributed by atoms with Crippen molar-refractivity contribution in [1.29, 1.82) is 0 Å². The molecular weight excluding hydrogens is 298 g/mol. The summed E-state index contributed by atoms with van der Waals surface area (Å²) in [5.41, 5.74) is 5.48. The van der Waals surface area contributed by atoms with Gasteiger partial charge in [-0.3, -0.25) is 4.68 Å². The van der Waals surface area contributed by atoms with E-state index in [-0.39, 0.29) is 0 Å². The highest BCUT2D eigenvalue weighted by atomic mass is 15.3. The summed E-state index contributed by atoms with van der Waals surface area (Å²) < 4.78 is 2.08. The largest absolute Gasteiger partial charge is 0.364 e. The average molecular weight is 321 g/mol. The minimum Gasteiger partial charge on any atom is -0.364 e. The number of rotatable bonds is 6. The second-order valence-corrected chi connectivity index (χ2v) is 5.90. The Bertz CT molecular complexity index is 791. The maximum absolute atomic E-state index is 4.61. The fraction of sp³-hybridized carbons (Fsp3) is 0.316. The van der Waals surface area contributed by atoms with Gasteiger partial charge < -0.3 is 5.32 Å². The van der Waals surface area contributed by atoms with E-state index in [9.17, 15) is 0 Å². The van der Waals surface area contributed by atoms with Gasteiger partial charge in [-0.05, 0) is 32.4 Å². The maximum Gasteiger partial charge on any atom is 0.148 e. The third kappa shape index (κ3) is 3.45. The summed E-state index contributed by atoms with van der Waals surface area (Å²) in [7, 11) is 0. The lowest BCUT2D eigenvalue weighted by Crippen LogP contribution is -2.05. The van der Waals surface area contributed by atoms with E-state index in [4.69, 9.17) is 0 Å². The Labute approximate surface area is 142 Å². The van der Waals surface area contributed by atoms with Crippen molar-refractivity contribution in [2.75, 3.05) is 5.32 Å². The minimum atomic E-state index is 0.709. The third-order valence-corrected chi connectivity index (χ3v) is 4.15. The average Bonchev–Trinajstić information content (AvgIpc) is 2.88. The van der Waals surface area contributed by atoms with Gasteiger partial charge in [0.05, 0.1) is 11.4 Å². The molecule has 0 aliphatic heterocycles. The van der Waals surface area contributed by atoms with Gasteiger partial charge in [-0.25, -0.2) is 0 Å². The molecule has 1 N–H and O–H groups in total. The zero-order valence-electron chi connectivity index (χ0n) is 14.5. The van der Waals surface area contributed by atoms with Crippen LogP contribution in [-0.2, 0) is 13.1 Å². The van der Waals surface area contributed by atoms with Crippen molar-refractivity contribution in [1.82, 2.24) is 20.0 Å². The molecule has 0 radical (unpaired) electrons. The summed E-state index contributed by atoms with van der Waals surface area (Å²) in [6.07, 6.45) is 1.08. The van der Waals surface area contributed by atoms with Crippen LogP contribution >= 0.6 is 0 Å². The monoisotopic (exact) mass is 321 g/mol. The molecular formula is C19H23N5. The molecule has 0 atom stereocenters. The molecule has 3 aromatic rings. The fourth-order valence-electron chi connectivity index (χ4n) is 2.79. The molecule has 2 aromatic heterocycles. The van der Waals surface area contributed by atoms with Crippen molar-refractivity contribution in [3.8, 4) is 11.3 Å². The minimum absolute atomic E-state index is 0.709. The second-order valence-electron chi connectivity index (χ2n) is 5.90. The van der Waals surface area contributed by atoms with Crippen molar-refractivity contribution >= 4 is 5.82 Å². The van der Waals surface area contributed by atoms with Gasteiger partial charge in [0.2, 0.25) is 0 Å². The number of hydrogen-bond donors (Lipinski definition) is 1. The molecule has 3 rings (SSSR count). The molecule has 2 heterocycles. The first-order valence-electron chi connectivity index (χ1n) is 8.35. The van der Waals surface area contributed by atoms with Crippen LogP contribution in [0.25, 0.3) is 11.3 Å². The van der Waals surface area contributed by atoms with Crippen LogP contribution in [0.1, 0.15) is 30.3 Å². The number of aromatic nitrogens is 4. The Hall–Kier alpha value is -2.69. The van der Waals surface area contributed by atoms with Crippen LogP contribution in [0.3, 0.4) is 0 Å². The molecule has 124 valence electrons. The predicted molar refractivity (Wildman–Crippen MR) is 96.8 cm³/mol. The number of benzene rings is 1. The summed E-state index contributed by atoms with van der Waals surface area (Å²) in [6, 6.07) is 14.0. The molecule has 0 aliphatic rings. The number of aryl methyl sites for hydroxylation is 2. The fourth-order valence-corrected chi connectivity index (χ4v) is 2.79. The van der Waals surface area contributed by atoms with Crippen LogP contribution in [0.2, 0.25) is 0 Å². The van der Waals surface area contributed by atoms with Gasteiger partial charge in [-0.15, -0.1) is 10.2 Å². The lowest BCUT2D eigenvalue weighted by atomic mass is 10.1. The smallest absolute Gasteiger partial charge is 0.148 e. The highest BCUT2D eigenvalue weighted by Crippen LogP contribution is 2.18. The number of anilines is 1. The second kappa shape index (κ2) is 7.25. The summed E-state index contributed by atoms with van der Waals surface area (Å²) >= 11 is 0. The van der Waals surface area contributed by atoms with Crippen molar-refractivity contribution in [3.05, 3.63) is 59.4 Å². The van der Waals surface area contributed by atoms with Crippen LogP contribution in [-0.4, -0.2) is 20.0 Å². The first-order chi connectivity index (χ1) is 11.7. The van der Waals surface area contributed by atoms with Gasteiger partial charge in [-0.1, -0.05) is 37.3 Å². The van der Waals surface area contributed by atoms with E-state index in [0.717, 1.165) is 35.7 Å². The standard InChI is InChI=1S/C19H23N5/c1-4-12-24-15(3)17(14(2)23-24)13-20-19-11-10-18(21-22-19)16-8-6-5-7-9-16/h5-11H,4,12-13H2,1-3H3,(H,20,22). The van der Waals surface area contributed by atoms with Crippen molar-refractivity contribution in [2.45, 2.75) is 40.3 Å². The highest BCUT2D eigenvalue weighted by Gasteiger charge is 2.11.